The van der Waals surface area contributed by atoms with Crippen LogP contribution >= 0.6 is 0 Å². The van der Waals surface area contributed by atoms with Gasteiger partial charge in [0.1, 0.15) is 23.9 Å². The third-order valence-corrected chi connectivity index (χ3v) is 4.24. The van der Waals surface area contributed by atoms with Gasteiger partial charge in [-0.15, -0.1) is 0 Å². The summed E-state index contributed by atoms with van der Waals surface area (Å²) in [4.78, 5) is 23.0. The van der Waals surface area contributed by atoms with Crippen molar-refractivity contribution in [3.8, 4) is 22.6 Å². The standard InChI is InChI=1S/C22H19F2N3O3/c1-22(23,24)30-17-6-3-15(4-7-17)16-5-8-19-18(13-16)21(28)27(11-12-29-19)14-20-25-9-2-10-26-20/h2-10,13H,11-12,14H2,1H3/i3D,4D,6D,7D. The van der Waals surface area contributed by atoms with Gasteiger partial charge in [0, 0.05) is 19.3 Å². The van der Waals surface area contributed by atoms with Crippen molar-refractivity contribution >= 4 is 5.91 Å². The van der Waals surface area contributed by atoms with E-state index in [0.29, 0.717) is 18.5 Å². The number of fused-ring (bicyclic) bond motifs is 1. The summed E-state index contributed by atoms with van der Waals surface area (Å²) in [6.45, 7) is 1.09. The van der Waals surface area contributed by atoms with Crippen molar-refractivity contribution in [2.75, 3.05) is 13.2 Å². The predicted molar refractivity (Wildman–Crippen MR) is 105 cm³/mol. The first-order valence-corrected chi connectivity index (χ1v) is 9.06. The van der Waals surface area contributed by atoms with Crippen LogP contribution in [0.3, 0.4) is 0 Å². The molecule has 8 heteroatoms. The first kappa shape index (κ1) is 15.3. The zero-order chi connectivity index (χ0) is 24.6. The lowest BCUT2D eigenvalue weighted by Gasteiger charge is -2.19. The van der Waals surface area contributed by atoms with Crippen molar-refractivity contribution in [1.82, 2.24) is 14.9 Å². The van der Waals surface area contributed by atoms with Crippen LogP contribution in [-0.4, -0.2) is 40.0 Å². The van der Waals surface area contributed by atoms with Crippen LogP contribution in [0.15, 0.2) is 60.8 Å². The summed E-state index contributed by atoms with van der Waals surface area (Å²) in [6, 6.07) is 3.41. The zero-order valence-corrected chi connectivity index (χ0v) is 15.9. The zero-order valence-electron chi connectivity index (χ0n) is 19.9. The fourth-order valence-corrected chi connectivity index (χ4v) is 2.92. The molecule has 1 amide bonds. The minimum atomic E-state index is -3.69. The molecule has 0 saturated carbocycles. The third-order valence-electron chi connectivity index (χ3n) is 4.24. The van der Waals surface area contributed by atoms with Crippen LogP contribution < -0.4 is 9.47 Å². The summed E-state index contributed by atoms with van der Waals surface area (Å²) >= 11 is 0. The second kappa shape index (κ2) is 8.06. The molecule has 30 heavy (non-hydrogen) atoms. The summed E-state index contributed by atoms with van der Waals surface area (Å²) in [5, 5.41) is 0. The lowest BCUT2D eigenvalue weighted by Crippen LogP contribution is -2.32. The van der Waals surface area contributed by atoms with E-state index in [1.54, 1.807) is 18.5 Å². The molecule has 0 radical (unpaired) electrons. The molecular formula is C22H19F2N3O3. The van der Waals surface area contributed by atoms with Crippen molar-refractivity contribution < 1.29 is 28.5 Å². The molecule has 3 aromatic rings. The smallest absolute Gasteiger partial charge is 0.394 e. The lowest BCUT2D eigenvalue weighted by molar-refractivity contribution is -0.158. The van der Waals surface area contributed by atoms with Crippen LogP contribution in [0.5, 0.6) is 11.5 Å². The highest BCUT2D eigenvalue weighted by Gasteiger charge is 2.25. The maximum Gasteiger partial charge on any atom is 0.394 e. The topological polar surface area (TPSA) is 64.6 Å². The highest BCUT2D eigenvalue weighted by molar-refractivity contribution is 5.98. The number of nitrogens with zero attached hydrogens (tertiary/aromatic N) is 3. The van der Waals surface area contributed by atoms with Gasteiger partial charge < -0.3 is 14.4 Å². The highest BCUT2D eigenvalue weighted by Crippen LogP contribution is 2.31. The summed E-state index contributed by atoms with van der Waals surface area (Å²) in [6.07, 6.45) is -0.555. The van der Waals surface area contributed by atoms with E-state index in [2.05, 4.69) is 14.7 Å². The summed E-state index contributed by atoms with van der Waals surface area (Å²) in [5.41, 5.74) is 0.197. The number of ether oxygens (including phenoxy) is 2. The van der Waals surface area contributed by atoms with Gasteiger partial charge in [-0.05, 0) is 41.4 Å². The molecule has 0 fully saturated rings. The maximum absolute atomic E-state index is 13.3. The van der Waals surface area contributed by atoms with Crippen molar-refractivity contribution in [3.05, 3.63) is 72.2 Å². The van der Waals surface area contributed by atoms with E-state index >= 15 is 0 Å². The molecule has 0 N–H and O–H groups in total. The van der Waals surface area contributed by atoms with Crippen LogP contribution in [0.2, 0.25) is 0 Å². The second-order valence-corrected chi connectivity index (χ2v) is 6.57. The van der Waals surface area contributed by atoms with Crippen molar-refractivity contribution in [3.63, 3.8) is 0 Å². The molecule has 0 aliphatic carbocycles. The Morgan fingerprint density at radius 2 is 1.93 bits per heavy atom. The molecule has 1 aromatic heterocycles. The Bertz CT molecular complexity index is 1230. The van der Waals surface area contributed by atoms with Gasteiger partial charge in [-0.3, -0.25) is 4.79 Å². The van der Waals surface area contributed by atoms with Crippen LogP contribution in [0, 0.1) is 0 Å². The number of halogens is 2. The minimum Gasteiger partial charge on any atom is -0.491 e. The Balaban J connectivity index is 1.76. The van der Waals surface area contributed by atoms with Crippen molar-refractivity contribution in [2.24, 2.45) is 0 Å². The predicted octanol–water partition coefficient (Wildman–Crippen LogP) is 4.17. The van der Waals surface area contributed by atoms with E-state index < -0.39 is 36.0 Å². The molecule has 0 saturated heterocycles. The SMILES string of the molecule is [2H]c1c([2H])c(-c2ccc3c(c2)C(=O)N(Cc2ncccn2)CCO3)c([2H])c([2H])c1OC(C)(F)F. The van der Waals surface area contributed by atoms with E-state index in [4.69, 9.17) is 10.2 Å². The maximum atomic E-state index is 13.3. The van der Waals surface area contributed by atoms with E-state index in [1.807, 2.05) is 0 Å². The largest absolute Gasteiger partial charge is 0.491 e. The normalized spacial score (nSPS) is 15.8. The van der Waals surface area contributed by atoms with Crippen LogP contribution in [0.25, 0.3) is 11.1 Å². The Morgan fingerprint density at radius 1 is 1.20 bits per heavy atom. The molecule has 2 heterocycles. The van der Waals surface area contributed by atoms with E-state index in [9.17, 15) is 13.6 Å². The highest BCUT2D eigenvalue weighted by atomic mass is 19.3. The Kier molecular flexibility index (Phi) is 4.11. The van der Waals surface area contributed by atoms with Gasteiger partial charge in [-0.25, -0.2) is 9.97 Å². The Morgan fingerprint density at radius 3 is 2.63 bits per heavy atom. The van der Waals surface area contributed by atoms with Crippen LogP contribution in [0.4, 0.5) is 8.78 Å². The summed E-state index contributed by atoms with van der Waals surface area (Å²) in [5.74, 6) is -0.499. The second-order valence-electron chi connectivity index (χ2n) is 6.57. The van der Waals surface area contributed by atoms with Crippen LogP contribution in [-0.2, 0) is 6.54 Å². The van der Waals surface area contributed by atoms with Crippen LogP contribution in [0.1, 0.15) is 28.6 Å². The number of aromatic nitrogens is 2. The molecule has 1 aliphatic heterocycles. The minimum absolute atomic E-state index is 0.144. The molecule has 4 rings (SSSR count). The fraction of sp³-hybridized carbons (Fsp3) is 0.227. The van der Waals surface area contributed by atoms with Crippen molar-refractivity contribution in [2.45, 2.75) is 19.6 Å². The average molecular weight is 415 g/mol. The third kappa shape index (κ3) is 4.53. The van der Waals surface area contributed by atoms with Gasteiger partial charge in [0.2, 0.25) is 0 Å². The Labute approximate surface area is 177 Å². The first-order chi connectivity index (χ1) is 16.1. The van der Waals surface area contributed by atoms with Gasteiger partial charge in [0.05, 0.1) is 24.1 Å². The average Bonchev–Trinajstić information content (AvgIpc) is 2.94. The molecule has 0 unspecified atom stereocenters. The number of alkyl halides is 2. The van der Waals surface area contributed by atoms with Gasteiger partial charge in [0.25, 0.3) is 5.91 Å². The van der Waals surface area contributed by atoms with E-state index in [1.165, 1.54) is 23.1 Å². The van der Waals surface area contributed by atoms with Gasteiger partial charge in [-0.2, -0.15) is 8.78 Å². The summed E-state index contributed by atoms with van der Waals surface area (Å²) in [7, 11) is 0. The van der Waals surface area contributed by atoms with E-state index in [0.717, 1.165) is 0 Å². The molecule has 2 aromatic carbocycles. The summed E-state index contributed by atoms with van der Waals surface area (Å²) < 4.78 is 69.4. The quantitative estimate of drug-likeness (QED) is 0.626. The lowest BCUT2D eigenvalue weighted by atomic mass is 10.0. The molecule has 1 aliphatic rings. The number of hydrogen-bond donors (Lipinski definition) is 0. The van der Waals surface area contributed by atoms with Crippen molar-refractivity contribution in [1.29, 1.82) is 0 Å². The first-order valence-electron chi connectivity index (χ1n) is 11.1. The number of benzene rings is 2. The van der Waals surface area contributed by atoms with Gasteiger partial charge >= 0.3 is 6.11 Å². The Hall–Kier alpha value is -3.55. The molecule has 0 bridgehead atoms. The monoisotopic (exact) mass is 415 g/mol. The molecule has 0 spiro atoms. The molecule has 154 valence electrons. The number of rotatable bonds is 5. The number of carbonyl (C=O) groups is 1. The van der Waals surface area contributed by atoms with E-state index in [-0.39, 0.29) is 42.3 Å². The molecular weight excluding hydrogens is 392 g/mol. The number of carbonyl (C=O) groups excluding carboxylic acids is 1. The fourth-order valence-electron chi connectivity index (χ4n) is 2.92. The number of amides is 1. The van der Waals surface area contributed by atoms with Gasteiger partial charge in [0.15, 0.2) is 0 Å². The van der Waals surface area contributed by atoms with Gasteiger partial charge in [-0.1, -0.05) is 18.2 Å². The number of hydrogen-bond acceptors (Lipinski definition) is 5. The molecule has 0 atom stereocenters. The molecule has 6 nitrogen and oxygen atoms in total.